The van der Waals surface area contributed by atoms with Crippen molar-refractivity contribution in [2.24, 2.45) is 0 Å². The zero-order valence-corrected chi connectivity index (χ0v) is 25.1. The lowest BCUT2D eigenvalue weighted by Gasteiger charge is -2.35. The maximum absolute atomic E-state index is 13.2. The molecule has 2 aliphatic rings. The highest BCUT2D eigenvalue weighted by molar-refractivity contribution is 5.98. The SMILES string of the molecule is Cc1c(NC(=O)N2Cc3ccccc3C2)cccc1-c1nc(N)nc2[nH]c(-c3ccc(CN4CCC(C)(O)CC4)cc3)cc12. The van der Waals surface area contributed by atoms with Crippen LogP contribution < -0.4 is 11.1 Å². The van der Waals surface area contributed by atoms with E-state index in [4.69, 9.17) is 5.73 Å². The molecule has 224 valence electrons. The lowest BCUT2D eigenvalue weighted by Crippen LogP contribution is -2.41. The van der Waals surface area contributed by atoms with Crippen LogP contribution in [0.4, 0.5) is 16.4 Å². The summed E-state index contributed by atoms with van der Waals surface area (Å²) in [5.41, 5.74) is 15.1. The second-order valence-corrected chi connectivity index (χ2v) is 12.4. The molecule has 3 aromatic carbocycles. The molecule has 0 radical (unpaired) electrons. The summed E-state index contributed by atoms with van der Waals surface area (Å²) in [5, 5.41) is 14.2. The van der Waals surface area contributed by atoms with E-state index in [1.54, 1.807) is 0 Å². The summed E-state index contributed by atoms with van der Waals surface area (Å²) in [6.07, 6.45) is 1.60. The number of likely N-dealkylation sites (tertiary alicyclic amines) is 1. The summed E-state index contributed by atoms with van der Waals surface area (Å²) in [6.45, 7) is 7.77. The molecule has 9 heteroatoms. The van der Waals surface area contributed by atoms with Gasteiger partial charge in [0.15, 0.2) is 0 Å². The third kappa shape index (κ3) is 5.52. The summed E-state index contributed by atoms with van der Waals surface area (Å²) in [7, 11) is 0. The van der Waals surface area contributed by atoms with Gasteiger partial charge in [-0.25, -0.2) is 9.78 Å². The van der Waals surface area contributed by atoms with E-state index in [2.05, 4.69) is 67.6 Å². The van der Waals surface area contributed by atoms with E-state index < -0.39 is 5.60 Å². The van der Waals surface area contributed by atoms with E-state index in [0.717, 1.165) is 71.6 Å². The second kappa shape index (κ2) is 11.1. The van der Waals surface area contributed by atoms with Crippen molar-refractivity contribution >= 4 is 28.7 Å². The molecule has 2 aliphatic heterocycles. The number of aliphatic hydroxyl groups is 1. The Hall–Kier alpha value is -4.73. The van der Waals surface area contributed by atoms with E-state index in [0.29, 0.717) is 18.7 Å². The van der Waals surface area contributed by atoms with Crippen molar-refractivity contribution in [3.05, 3.63) is 95.1 Å². The topological polar surface area (TPSA) is 123 Å². The van der Waals surface area contributed by atoms with E-state index in [1.807, 2.05) is 49.1 Å². The molecule has 1 fully saturated rings. The fraction of sp³-hybridized carbons (Fsp3) is 0.286. The predicted molar refractivity (Wildman–Crippen MR) is 174 cm³/mol. The Balaban J connectivity index is 1.12. The van der Waals surface area contributed by atoms with Gasteiger partial charge in [0.1, 0.15) is 5.65 Å². The molecule has 0 saturated carbocycles. The van der Waals surface area contributed by atoms with Crippen LogP contribution in [0.5, 0.6) is 0 Å². The molecule has 9 nitrogen and oxygen atoms in total. The number of carbonyl (C=O) groups excluding carboxylic acids is 1. The number of carbonyl (C=O) groups is 1. The number of nitrogens with two attached hydrogens (primary N) is 1. The highest BCUT2D eigenvalue weighted by Gasteiger charge is 2.27. The van der Waals surface area contributed by atoms with Crippen LogP contribution in [0.3, 0.4) is 0 Å². The number of aromatic amines is 1. The van der Waals surface area contributed by atoms with Gasteiger partial charge < -0.3 is 26.0 Å². The van der Waals surface area contributed by atoms with Crippen molar-refractivity contribution in [1.82, 2.24) is 24.8 Å². The van der Waals surface area contributed by atoms with Crippen LogP contribution in [0.25, 0.3) is 33.5 Å². The van der Waals surface area contributed by atoms with E-state index >= 15 is 0 Å². The van der Waals surface area contributed by atoms with Gasteiger partial charge in [-0.15, -0.1) is 0 Å². The van der Waals surface area contributed by atoms with Crippen molar-refractivity contribution in [2.45, 2.75) is 51.9 Å². The first-order chi connectivity index (χ1) is 21.2. The number of aromatic nitrogens is 3. The molecule has 2 aromatic heterocycles. The number of rotatable bonds is 5. The molecular weight excluding hydrogens is 550 g/mol. The molecule has 5 aromatic rings. The fourth-order valence-corrected chi connectivity index (χ4v) is 6.33. The Morgan fingerprint density at radius 3 is 2.41 bits per heavy atom. The van der Waals surface area contributed by atoms with Crippen LogP contribution in [-0.4, -0.2) is 54.6 Å². The average molecular weight is 588 g/mol. The first kappa shape index (κ1) is 28.1. The number of H-pyrrole nitrogens is 1. The van der Waals surface area contributed by atoms with Gasteiger partial charge in [0.05, 0.1) is 11.3 Å². The van der Waals surface area contributed by atoms with Crippen LogP contribution >= 0.6 is 0 Å². The maximum Gasteiger partial charge on any atom is 0.322 e. The molecule has 1 saturated heterocycles. The molecule has 7 rings (SSSR count). The van der Waals surface area contributed by atoms with Crippen molar-refractivity contribution < 1.29 is 9.90 Å². The lowest BCUT2D eigenvalue weighted by atomic mass is 9.93. The number of nitrogens with one attached hydrogen (secondary N) is 2. The number of urea groups is 1. The molecule has 0 spiro atoms. The zero-order chi connectivity index (χ0) is 30.4. The Morgan fingerprint density at radius 1 is 1.00 bits per heavy atom. The average Bonchev–Trinajstić information content (AvgIpc) is 3.64. The van der Waals surface area contributed by atoms with Gasteiger partial charge in [-0.3, -0.25) is 4.90 Å². The van der Waals surface area contributed by atoms with Crippen molar-refractivity contribution in [3.63, 3.8) is 0 Å². The molecule has 4 heterocycles. The molecule has 2 amide bonds. The molecule has 0 bridgehead atoms. The second-order valence-electron chi connectivity index (χ2n) is 12.4. The number of hydrogen-bond donors (Lipinski definition) is 4. The number of fused-ring (bicyclic) bond motifs is 2. The quantitative estimate of drug-likeness (QED) is 0.198. The van der Waals surface area contributed by atoms with E-state index in [1.165, 1.54) is 16.7 Å². The zero-order valence-electron chi connectivity index (χ0n) is 25.1. The van der Waals surface area contributed by atoms with Gasteiger partial charge in [-0.1, -0.05) is 60.7 Å². The van der Waals surface area contributed by atoms with Crippen LogP contribution in [0.15, 0.2) is 72.8 Å². The van der Waals surface area contributed by atoms with Gasteiger partial charge in [0.2, 0.25) is 5.95 Å². The minimum atomic E-state index is -0.546. The van der Waals surface area contributed by atoms with Crippen molar-refractivity contribution in [3.8, 4) is 22.5 Å². The van der Waals surface area contributed by atoms with E-state index in [-0.39, 0.29) is 12.0 Å². The van der Waals surface area contributed by atoms with Crippen LogP contribution in [0.1, 0.15) is 42.0 Å². The lowest BCUT2D eigenvalue weighted by molar-refractivity contribution is -0.00730. The standard InChI is InChI=1S/C35H37N7O2/c1-22-27(8-5-9-29(22)38-34(43)42-20-25-6-3-4-7-26(25)21-42)31-28-18-30(37-32(28)40-33(36)39-31)24-12-10-23(11-13-24)19-41-16-14-35(2,44)15-17-41/h3-13,18,44H,14-17,19-21H2,1-2H3,(H,38,43)(H3,36,37,39,40). The Morgan fingerprint density at radius 2 is 1.70 bits per heavy atom. The number of benzene rings is 3. The number of amides is 2. The van der Waals surface area contributed by atoms with Gasteiger partial charge in [-0.2, -0.15) is 4.98 Å². The van der Waals surface area contributed by atoms with Gasteiger partial charge in [0.25, 0.3) is 0 Å². The summed E-state index contributed by atoms with van der Waals surface area (Å²) >= 11 is 0. The molecule has 0 atom stereocenters. The smallest absolute Gasteiger partial charge is 0.322 e. The summed E-state index contributed by atoms with van der Waals surface area (Å²) in [5.74, 6) is 0.181. The number of anilines is 2. The highest BCUT2D eigenvalue weighted by atomic mass is 16.3. The summed E-state index contributed by atoms with van der Waals surface area (Å²) in [6, 6.07) is 24.5. The molecule has 0 aliphatic carbocycles. The van der Waals surface area contributed by atoms with Crippen LogP contribution in [0, 0.1) is 6.92 Å². The van der Waals surface area contributed by atoms with Gasteiger partial charge >= 0.3 is 6.03 Å². The predicted octanol–water partition coefficient (Wildman–Crippen LogP) is 6.08. The summed E-state index contributed by atoms with van der Waals surface area (Å²) < 4.78 is 0. The number of piperidine rings is 1. The van der Waals surface area contributed by atoms with E-state index in [9.17, 15) is 9.90 Å². The van der Waals surface area contributed by atoms with Crippen LogP contribution in [0.2, 0.25) is 0 Å². The number of nitrogens with zero attached hydrogens (tertiary/aromatic N) is 4. The molecular formula is C35H37N7O2. The monoisotopic (exact) mass is 587 g/mol. The summed E-state index contributed by atoms with van der Waals surface area (Å²) in [4.78, 5) is 30.0. The maximum atomic E-state index is 13.2. The highest BCUT2D eigenvalue weighted by Crippen LogP contribution is 2.35. The van der Waals surface area contributed by atoms with Gasteiger partial charge in [-0.05, 0) is 66.6 Å². The molecule has 0 unspecified atom stereocenters. The van der Waals surface area contributed by atoms with Crippen LogP contribution in [-0.2, 0) is 19.6 Å². The normalized spacial score (nSPS) is 16.3. The van der Waals surface area contributed by atoms with Crippen molar-refractivity contribution in [2.75, 3.05) is 24.1 Å². The minimum absolute atomic E-state index is 0.131. The first-order valence-corrected chi connectivity index (χ1v) is 15.2. The third-order valence-electron chi connectivity index (χ3n) is 9.07. The van der Waals surface area contributed by atoms with Gasteiger partial charge in [0, 0.05) is 55.1 Å². The van der Waals surface area contributed by atoms with Crippen molar-refractivity contribution in [1.29, 1.82) is 0 Å². The number of hydrogen-bond acceptors (Lipinski definition) is 6. The number of nitrogen functional groups attached to an aromatic ring is 1. The third-order valence-corrected chi connectivity index (χ3v) is 9.07. The Labute approximate surface area is 256 Å². The first-order valence-electron chi connectivity index (χ1n) is 15.2. The molecule has 5 N–H and O–H groups in total. The Kier molecular flexibility index (Phi) is 7.07. The molecule has 44 heavy (non-hydrogen) atoms. The Bertz CT molecular complexity index is 1830. The largest absolute Gasteiger partial charge is 0.390 e. The fourth-order valence-electron chi connectivity index (χ4n) is 6.33. The minimum Gasteiger partial charge on any atom is -0.390 e.